The van der Waals surface area contributed by atoms with Crippen LogP contribution in [0, 0.1) is 3.57 Å². The molecule has 0 fully saturated rings. The lowest BCUT2D eigenvalue weighted by molar-refractivity contribution is 0.0695. The maximum atomic E-state index is 10.7. The lowest BCUT2D eigenvalue weighted by Crippen LogP contribution is -1.98. The van der Waals surface area contributed by atoms with Crippen LogP contribution in [0.1, 0.15) is 10.4 Å². The fraction of sp³-hybridized carbons (Fsp3) is 0. The summed E-state index contributed by atoms with van der Waals surface area (Å²) < 4.78 is 2.27. The first kappa shape index (κ1) is 10.5. The maximum Gasteiger partial charge on any atom is 0.336 e. The van der Waals surface area contributed by atoms with Crippen LogP contribution in [-0.4, -0.2) is 11.1 Å². The van der Waals surface area contributed by atoms with Crippen molar-refractivity contribution >= 4 is 60.4 Å². The predicted octanol–water partition coefficient (Wildman–Crippen LogP) is 3.51. The Morgan fingerprint density at radius 1 is 1.42 bits per heavy atom. The van der Waals surface area contributed by atoms with Crippen molar-refractivity contribution in [1.82, 2.24) is 0 Å². The van der Waals surface area contributed by atoms with Crippen LogP contribution in [0.25, 0.3) is 0 Å². The molecule has 0 aliphatic heterocycles. The molecule has 0 atom stereocenters. The Balaban J connectivity index is 3.37. The molecular formula is C7H3Br2IO2. The van der Waals surface area contributed by atoms with Crippen LogP contribution in [-0.2, 0) is 0 Å². The van der Waals surface area contributed by atoms with Gasteiger partial charge in [-0.1, -0.05) is 15.9 Å². The molecule has 0 saturated heterocycles. The van der Waals surface area contributed by atoms with Crippen molar-refractivity contribution < 1.29 is 9.90 Å². The highest BCUT2D eigenvalue weighted by molar-refractivity contribution is 14.1. The van der Waals surface area contributed by atoms with Gasteiger partial charge in [0, 0.05) is 12.5 Å². The van der Waals surface area contributed by atoms with E-state index in [9.17, 15) is 4.79 Å². The zero-order valence-electron chi connectivity index (χ0n) is 5.64. The zero-order valence-corrected chi connectivity index (χ0v) is 11.0. The molecule has 1 N–H and O–H groups in total. The maximum absolute atomic E-state index is 10.7. The van der Waals surface area contributed by atoms with Gasteiger partial charge in [-0.2, -0.15) is 0 Å². The molecule has 0 aliphatic carbocycles. The summed E-state index contributed by atoms with van der Waals surface area (Å²) in [6, 6.07) is 3.41. The van der Waals surface area contributed by atoms with Gasteiger partial charge in [0.15, 0.2) is 0 Å². The normalized spacial score (nSPS) is 9.92. The summed E-state index contributed by atoms with van der Waals surface area (Å²) in [7, 11) is 0. The van der Waals surface area contributed by atoms with Crippen molar-refractivity contribution in [2.75, 3.05) is 0 Å². The predicted molar refractivity (Wildman–Crippen MR) is 61.5 cm³/mol. The van der Waals surface area contributed by atoms with Gasteiger partial charge in [0.1, 0.15) is 0 Å². The van der Waals surface area contributed by atoms with E-state index in [0.29, 0.717) is 4.47 Å². The van der Waals surface area contributed by atoms with E-state index in [-0.39, 0.29) is 5.56 Å². The standard InChI is InChI=1S/C7H3Br2IO2/c8-3-1-4(7(11)12)6(9)5(10)2-3/h1-2H,(H,11,12). The summed E-state index contributed by atoms with van der Waals surface area (Å²) in [5, 5.41) is 8.76. The second-order valence-corrected chi connectivity index (χ2v) is 4.93. The smallest absolute Gasteiger partial charge is 0.336 e. The molecule has 0 amide bonds. The van der Waals surface area contributed by atoms with Crippen LogP contribution < -0.4 is 0 Å². The minimum atomic E-state index is -0.930. The van der Waals surface area contributed by atoms with Crippen molar-refractivity contribution in [3.8, 4) is 0 Å². The highest BCUT2D eigenvalue weighted by atomic mass is 127. The molecule has 64 valence electrons. The van der Waals surface area contributed by atoms with Crippen LogP contribution in [0.4, 0.5) is 0 Å². The van der Waals surface area contributed by atoms with Crippen LogP contribution in [0.15, 0.2) is 21.1 Å². The summed E-state index contributed by atoms with van der Waals surface area (Å²) in [5.41, 5.74) is 0.272. The van der Waals surface area contributed by atoms with Crippen LogP contribution in [0.5, 0.6) is 0 Å². The summed E-state index contributed by atoms with van der Waals surface area (Å²) in [6.07, 6.45) is 0. The molecule has 0 heterocycles. The van der Waals surface area contributed by atoms with Crippen LogP contribution in [0.3, 0.4) is 0 Å². The number of hydrogen-bond donors (Lipinski definition) is 1. The highest BCUT2D eigenvalue weighted by Crippen LogP contribution is 2.27. The van der Waals surface area contributed by atoms with Crippen LogP contribution >= 0.6 is 54.5 Å². The number of aromatic carboxylic acids is 1. The number of carbonyl (C=O) groups is 1. The third kappa shape index (κ3) is 2.20. The van der Waals surface area contributed by atoms with Gasteiger partial charge < -0.3 is 5.11 Å². The van der Waals surface area contributed by atoms with E-state index in [4.69, 9.17) is 5.11 Å². The first-order chi connectivity index (χ1) is 5.52. The molecule has 0 saturated carbocycles. The van der Waals surface area contributed by atoms with Crippen molar-refractivity contribution in [2.24, 2.45) is 0 Å². The van der Waals surface area contributed by atoms with E-state index >= 15 is 0 Å². The Labute approximate surface area is 99.7 Å². The molecule has 5 heteroatoms. The number of halogens is 3. The van der Waals surface area contributed by atoms with Crippen LogP contribution in [0.2, 0.25) is 0 Å². The summed E-state index contributed by atoms with van der Waals surface area (Å²) >= 11 is 8.50. The molecule has 0 aliphatic rings. The molecule has 0 radical (unpaired) electrons. The Bertz CT molecular complexity index is 338. The SMILES string of the molecule is O=C(O)c1cc(Br)cc(I)c1Br. The van der Waals surface area contributed by atoms with Crippen molar-refractivity contribution in [3.05, 3.63) is 30.2 Å². The number of carboxylic acids is 1. The monoisotopic (exact) mass is 404 g/mol. The second kappa shape index (κ2) is 4.06. The third-order valence-corrected chi connectivity index (χ3v) is 4.13. The van der Waals surface area contributed by atoms with E-state index in [1.165, 1.54) is 0 Å². The van der Waals surface area contributed by atoms with Gasteiger partial charge in [-0.3, -0.25) is 0 Å². The first-order valence-corrected chi connectivity index (χ1v) is 5.56. The lowest BCUT2D eigenvalue weighted by atomic mass is 10.2. The molecule has 1 aromatic carbocycles. The number of carboxylic acid groups (broad SMARTS) is 1. The topological polar surface area (TPSA) is 37.3 Å². The average Bonchev–Trinajstić information content (AvgIpc) is 1.96. The number of benzene rings is 1. The number of rotatable bonds is 1. The Morgan fingerprint density at radius 3 is 2.50 bits per heavy atom. The quantitative estimate of drug-likeness (QED) is 0.573. The second-order valence-electron chi connectivity index (χ2n) is 2.05. The zero-order chi connectivity index (χ0) is 9.30. The lowest BCUT2D eigenvalue weighted by Gasteiger charge is -2.02. The minimum absolute atomic E-state index is 0.272. The molecule has 0 aromatic heterocycles. The van der Waals surface area contributed by atoms with Crippen molar-refractivity contribution in [1.29, 1.82) is 0 Å². The highest BCUT2D eigenvalue weighted by Gasteiger charge is 2.11. The molecule has 0 spiro atoms. The van der Waals surface area contributed by atoms with E-state index in [0.717, 1.165) is 8.04 Å². The van der Waals surface area contributed by atoms with Gasteiger partial charge in [-0.15, -0.1) is 0 Å². The third-order valence-electron chi connectivity index (χ3n) is 1.22. The van der Waals surface area contributed by atoms with Crippen molar-refractivity contribution in [2.45, 2.75) is 0 Å². The largest absolute Gasteiger partial charge is 0.478 e. The molecule has 1 rings (SSSR count). The summed E-state index contributed by atoms with van der Waals surface area (Å²) in [4.78, 5) is 10.7. The first-order valence-electron chi connectivity index (χ1n) is 2.90. The van der Waals surface area contributed by atoms with E-state index in [1.54, 1.807) is 6.07 Å². The van der Waals surface area contributed by atoms with Gasteiger partial charge in [0.25, 0.3) is 0 Å². The van der Waals surface area contributed by atoms with Gasteiger partial charge >= 0.3 is 5.97 Å². The molecular weight excluding hydrogens is 403 g/mol. The molecule has 1 aromatic rings. The molecule has 12 heavy (non-hydrogen) atoms. The van der Waals surface area contributed by atoms with Gasteiger partial charge in [-0.05, 0) is 50.7 Å². The van der Waals surface area contributed by atoms with Gasteiger partial charge in [-0.25, -0.2) is 4.79 Å². The van der Waals surface area contributed by atoms with Gasteiger partial charge in [0.2, 0.25) is 0 Å². The fourth-order valence-corrected chi connectivity index (χ4v) is 2.62. The van der Waals surface area contributed by atoms with E-state index in [1.807, 2.05) is 6.07 Å². The number of hydrogen-bond acceptors (Lipinski definition) is 1. The molecule has 0 unspecified atom stereocenters. The summed E-state index contributed by atoms with van der Waals surface area (Å²) in [5.74, 6) is -0.930. The van der Waals surface area contributed by atoms with Gasteiger partial charge in [0.05, 0.1) is 5.56 Å². The summed E-state index contributed by atoms with van der Waals surface area (Å²) in [6.45, 7) is 0. The van der Waals surface area contributed by atoms with Crippen molar-refractivity contribution in [3.63, 3.8) is 0 Å². The van der Waals surface area contributed by atoms with E-state index in [2.05, 4.69) is 54.5 Å². The minimum Gasteiger partial charge on any atom is -0.478 e. The molecule has 2 nitrogen and oxygen atoms in total. The Hall–Kier alpha value is 0.380. The fourth-order valence-electron chi connectivity index (χ4n) is 0.712. The Kier molecular flexibility index (Phi) is 3.54. The average molecular weight is 406 g/mol. The molecule has 0 bridgehead atoms. The van der Waals surface area contributed by atoms with E-state index < -0.39 is 5.97 Å². The Morgan fingerprint density at radius 2 is 2.00 bits per heavy atom.